The molecule has 4 aromatic rings. The fraction of sp³-hybridized carbons (Fsp3) is 0.725. The molecular formula is C91H125N13O10. The minimum absolute atomic E-state index is 0.000529. The highest BCUT2D eigenvalue weighted by molar-refractivity contribution is 6.01. The standard InChI is InChI=1S/C91H125N13O10/c1-51(2)71-59(105)41-90(34-32-86(14)55(73(71)90)19-22-63-84(12)28-26-65(113-69(107)45-80(5,6)78(109)110)81(7,8)61(84)24-30-88(63,86)16)43-67-99-101-76(103(67)38-36-92)57-21-18-54(48-95)58(98-57)40-83(11,79(111)112)46-70(108)114-66-27-29-85(13)62(82(66,9)10)25-31-89(17)64(85)23-20-56-74-72(52(3)4)60(106)42-91(74,35-33-87(56,89)15)44-68-100-102-77(104(68)39-37-93)75-96-49-53(47-94)50-97-75/h18,21,49-52,55-56,61-66H,19-20,22-46,92-93H2,1-17H3,(H,109,110)(H,111,112)/t55-,56-,61?,62?,63?,64?,65+,66+,83?,84+,85+,86-,87-,88-,89-,90+,91+/m1/s1. The minimum atomic E-state index is -1.74. The zero-order valence-corrected chi connectivity index (χ0v) is 70.9. The van der Waals surface area contributed by atoms with E-state index in [2.05, 4.69) is 124 Å². The van der Waals surface area contributed by atoms with Gasteiger partial charge < -0.3 is 40.3 Å². The molecule has 0 aliphatic heterocycles. The number of hydrogen-bond donors (Lipinski definition) is 4. The van der Waals surface area contributed by atoms with Gasteiger partial charge in [0.15, 0.2) is 23.2 Å². The molecule has 114 heavy (non-hydrogen) atoms. The Kier molecular flexibility index (Phi) is 20.8. The van der Waals surface area contributed by atoms with Crippen LogP contribution in [0, 0.1) is 135 Å². The van der Waals surface area contributed by atoms with E-state index in [0.717, 1.165) is 107 Å². The van der Waals surface area contributed by atoms with Gasteiger partial charge in [-0.3, -0.25) is 28.8 Å². The maximum absolute atomic E-state index is 14.9. The molecular weight excluding hydrogens is 1440 g/mol. The van der Waals surface area contributed by atoms with Crippen LogP contribution in [-0.4, -0.2) is 115 Å². The molecule has 4 aromatic heterocycles. The second-order valence-corrected chi connectivity index (χ2v) is 41.5. The van der Waals surface area contributed by atoms with Crippen molar-refractivity contribution in [3.63, 3.8) is 0 Å². The van der Waals surface area contributed by atoms with Gasteiger partial charge >= 0.3 is 23.9 Å². The van der Waals surface area contributed by atoms with E-state index in [4.69, 9.17) is 41.2 Å². The van der Waals surface area contributed by atoms with Gasteiger partial charge in [-0.1, -0.05) is 108 Å². The van der Waals surface area contributed by atoms with Gasteiger partial charge in [0.2, 0.25) is 5.82 Å². The summed E-state index contributed by atoms with van der Waals surface area (Å²) in [7, 11) is 0. The summed E-state index contributed by atoms with van der Waals surface area (Å²) in [5.41, 5.74) is 13.1. The van der Waals surface area contributed by atoms with Gasteiger partial charge in [-0.05, 0) is 227 Å². The summed E-state index contributed by atoms with van der Waals surface area (Å²) < 4.78 is 16.9. The summed E-state index contributed by atoms with van der Waals surface area (Å²) >= 11 is 0. The van der Waals surface area contributed by atoms with Gasteiger partial charge in [0.1, 0.15) is 41.7 Å². The summed E-state index contributed by atoms with van der Waals surface area (Å²) in [6, 6.07) is 7.70. The Hall–Kier alpha value is -7.89. The van der Waals surface area contributed by atoms with Crippen molar-refractivity contribution < 1.29 is 48.5 Å². The maximum atomic E-state index is 14.9. The van der Waals surface area contributed by atoms with E-state index in [1.54, 1.807) is 26.0 Å². The lowest BCUT2D eigenvalue weighted by Gasteiger charge is -2.72. The molecule has 8 fully saturated rings. The van der Waals surface area contributed by atoms with Crippen LogP contribution in [0.1, 0.15) is 275 Å². The summed E-state index contributed by atoms with van der Waals surface area (Å²) in [5.74, 6) is 1.36. The highest BCUT2D eigenvalue weighted by Crippen LogP contribution is 2.79. The van der Waals surface area contributed by atoms with Crippen molar-refractivity contribution in [2.45, 2.75) is 291 Å². The SMILES string of the molecule is CC(C)C1=C2[C@H]3CCC4[C@@]5(C)CC[C@H](OC(=O)CC(C)(C)C(=O)O)C(C)(C)C5CC[C@@]4(C)[C@]3(C)CC[C@@]2(Cc2nnc(-c3ccc(C#N)c(CC(C)(CC(=O)O[C@H]4CC[C@@]5(C)C(CC[C@]6(C)C5CC[C@@H]5C7=C(C(C)C)C(=O)C[C@]7(Cc7nnc(-c8ncc(C#N)cn8)n7CCN)CC[C@]56C)C4(C)C)C(=O)O)n3)n2CCN)CC1=O. The van der Waals surface area contributed by atoms with Crippen LogP contribution >= 0.6 is 0 Å². The number of esters is 2. The molecule has 0 bridgehead atoms. The number of Topliss-reactive ketones (excluding diaryl/α,β-unsaturated/α-hetero) is 2. The Morgan fingerprint density at radius 1 is 0.561 bits per heavy atom. The van der Waals surface area contributed by atoms with E-state index in [0.29, 0.717) is 105 Å². The first-order valence-electron chi connectivity index (χ1n) is 42.8. The number of allylic oxidation sites excluding steroid dienone is 4. The second kappa shape index (κ2) is 28.7. The van der Waals surface area contributed by atoms with Gasteiger partial charge in [0.25, 0.3) is 0 Å². The first-order chi connectivity index (χ1) is 53.5. The quantitative estimate of drug-likeness (QED) is 0.0531. The van der Waals surface area contributed by atoms with Crippen LogP contribution in [-0.2, 0) is 70.6 Å². The number of ketones is 2. The van der Waals surface area contributed by atoms with E-state index in [-0.39, 0.29) is 122 Å². The molecule has 614 valence electrons. The molecule has 14 rings (SSSR count). The number of carboxylic acid groups (broad SMARTS) is 2. The maximum Gasteiger partial charge on any atom is 0.310 e. The van der Waals surface area contributed by atoms with E-state index in [9.17, 15) is 49.5 Å². The van der Waals surface area contributed by atoms with Gasteiger partial charge in [-0.15, -0.1) is 20.4 Å². The molecule has 10 aliphatic carbocycles. The summed E-state index contributed by atoms with van der Waals surface area (Å²) in [4.78, 5) is 97.7. The van der Waals surface area contributed by atoms with E-state index >= 15 is 0 Å². The number of nitrogens with zero attached hydrogens (tertiary/aromatic N) is 11. The van der Waals surface area contributed by atoms with Crippen LogP contribution in [0.3, 0.4) is 0 Å². The number of fused-ring (bicyclic) bond motifs is 14. The molecule has 4 heterocycles. The molecule has 17 atom stereocenters. The van der Waals surface area contributed by atoms with Crippen molar-refractivity contribution in [2.75, 3.05) is 13.1 Å². The van der Waals surface area contributed by atoms with Gasteiger partial charge in [-0.25, -0.2) is 15.0 Å². The number of rotatable bonds is 22. The average molecular weight is 1560 g/mol. The number of aliphatic carboxylic acids is 2. The van der Waals surface area contributed by atoms with Gasteiger partial charge in [-0.2, -0.15) is 10.5 Å². The molecule has 0 radical (unpaired) electrons. The minimum Gasteiger partial charge on any atom is -0.481 e. The Morgan fingerprint density at radius 2 is 1.02 bits per heavy atom. The third-order valence-corrected chi connectivity index (χ3v) is 34.0. The lowest BCUT2D eigenvalue weighted by molar-refractivity contribution is -0.233. The second-order valence-electron chi connectivity index (χ2n) is 41.5. The summed E-state index contributed by atoms with van der Waals surface area (Å²) in [5, 5.41) is 60.5. The summed E-state index contributed by atoms with van der Waals surface area (Å²) in [6.45, 7) is 38.8. The zero-order valence-electron chi connectivity index (χ0n) is 70.9. The fourth-order valence-corrected chi connectivity index (χ4v) is 28.0. The molecule has 6 N–H and O–H groups in total. The predicted octanol–water partition coefficient (Wildman–Crippen LogP) is 15.1. The van der Waals surface area contributed by atoms with Crippen LogP contribution in [0.2, 0.25) is 0 Å². The number of hydrogen-bond acceptors (Lipinski definition) is 19. The molecule has 8 saturated carbocycles. The molecule has 23 heteroatoms. The molecule has 0 amide bonds. The number of pyridine rings is 1. The molecule has 10 aliphatic rings. The Balaban J connectivity index is 0.671. The van der Waals surface area contributed by atoms with Crippen LogP contribution in [0.25, 0.3) is 23.2 Å². The lowest BCUT2D eigenvalue weighted by atomic mass is 9.33. The molecule has 0 spiro atoms. The number of carbonyl (C=O) groups is 6. The number of ether oxygens (including phenoxy) is 2. The number of aromatic nitrogens is 9. The lowest BCUT2D eigenvalue weighted by Crippen LogP contribution is -2.65. The third-order valence-electron chi connectivity index (χ3n) is 34.0. The normalized spacial score (nSPS) is 35.1. The smallest absolute Gasteiger partial charge is 0.310 e. The van der Waals surface area contributed by atoms with Crippen molar-refractivity contribution in [1.82, 2.24) is 44.5 Å². The largest absolute Gasteiger partial charge is 0.481 e. The average Bonchev–Trinajstić information content (AvgIpc) is 1.13. The molecule has 5 unspecified atom stereocenters. The van der Waals surface area contributed by atoms with Crippen LogP contribution in [0.15, 0.2) is 46.8 Å². The topological polar surface area (TPSA) is 361 Å². The third kappa shape index (κ3) is 12.6. The van der Waals surface area contributed by atoms with Crippen molar-refractivity contribution in [2.24, 2.45) is 124 Å². The fourth-order valence-electron chi connectivity index (χ4n) is 28.0. The van der Waals surface area contributed by atoms with Crippen molar-refractivity contribution in [1.29, 1.82) is 10.5 Å². The number of carboxylic acids is 2. The highest BCUT2D eigenvalue weighted by atomic mass is 16.5. The van der Waals surface area contributed by atoms with Crippen LogP contribution in [0.5, 0.6) is 0 Å². The number of nitrogens with two attached hydrogens (primary N) is 2. The first-order valence-corrected chi connectivity index (χ1v) is 42.8. The summed E-state index contributed by atoms with van der Waals surface area (Å²) in [6.07, 6.45) is 17.4. The van der Waals surface area contributed by atoms with Crippen LogP contribution in [0.4, 0.5) is 0 Å². The predicted molar refractivity (Wildman–Crippen MR) is 428 cm³/mol. The molecule has 0 saturated heterocycles. The Morgan fingerprint density at radius 3 is 1.45 bits per heavy atom. The monoisotopic (exact) mass is 1560 g/mol. The zero-order chi connectivity index (χ0) is 82.6. The molecule has 0 aromatic carbocycles. The molecule has 23 nitrogen and oxygen atoms in total. The Labute approximate surface area is 673 Å². The van der Waals surface area contributed by atoms with Crippen LogP contribution < -0.4 is 11.5 Å². The number of nitriles is 2. The highest BCUT2D eigenvalue weighted by Gasteiger charge is 2.73. The van der Waals surface area contributed by atoms with E-state index in [1.807, 2.05) is 9.13 Å². The van der Waals surface area contributed by atoms with Gasteiger partial charge in [0, 0.05) is 92.3 Å². The van der Waals surface area contributed by atoms with E-state index < -0.39 is 63.5 Å². The first kappa shape index (κ1) is 82.6. The number of carbonyl (C=O) groups excluding carboxylic acids is 4. The van der Waals surface area contributed by atoms with Crippen molar-refractivity contribution in [3.8, 4) is 35.3 Å². The Bertz CT molecular complexity index is 4730. The van der Waals surface area contributed by atoms with Crippen molar-refractivity contribution in [3.05, 3.63) is 75.3 Å². The van der Waals surface area contributed by atoms with Crippen molar-refractivity contribution >= 4 is 35.4 Å². The van der Waals surface area contributed by atoms with E-state index in [1.165, 1.54) is 30.5 Å². The van der Waals surface area contributed by atoms with Gasteiger partial charge in [0.05, 0.1) is 40.5 Å².